The van der Waals surface area contributed by atoms with E-state index >= 15 is 0 Å². The highest BCUT2D eigenvalue weighted by Gasteiger charge is 2.35. The first-order chi connectivity index (χ1) is 14.8. The van der Waals surface area contributed by atoms with Gasteiger partial charge in [0.25, 0.3) is 10.0 Å². The molecule has 0 unspecified atom stereocenters. The minimum atomic E-state index is -3.72. The molecule has 0 atom stereocenters. The van der Waals surface area contributed by atoms with Gasteiger partial charge in [0.05, 0.1) is 23.3 Å². The van der Waals surface area contributed by atoms with E-state index in [0.29, 0.717) is 23.1 Å². The van der Waals surface area contributed by atoms with Gasteiger partial charge in [0.1, 0.15) is 4.90 Å². The third kappa shape index (κ3) is 4.03. The zero-order valence-corrected chi connectivity index (χ0v) is 19.0. The van der Waals surface area contributed by atoms with Gasteiger partial charge in [-0.05, 0) is 44.0 Å². The molecule has 0 bridgehead atoms. The van der Waals surface area contributed by atoms with Gasteiger partial charge in [-0.15, -0.1) is 0 Å². The van der Waals surface area contributed by atoms with E-state index in [1.54, 1.807) is 19.1 Å². The van der Waals surface area contributed by atoms with Crippen molar-refractivity contribution in [2.75, 3.05) is 21.9 Å². The van der Waals surface area contributed by atoms with Gasteiger partial charge >= 0.3 is 0 Å². The number of nitrogens with one attached hydrogen (secondary N) is 1. The molecule has 160 valence electrons. The molecule has 1 aliphatic heterocycles. The lowest BCUT2D eigenvalue weighted by Gasteiger charge is -2.30. The molecule has 0 radical (unpaired) electrons. The number of thioether (sulfide) groups is 1. The molecule has 1 amide bonds. The Hall–Kier alpha value is -2.91. The molecule has 0 spiro atoms. The minimum Gasteiger partial charge on any atom is -0.325 e. The van der Waals surface area contributed by atoms with E-state index in [-0.39, 0.29) is 16.6 Å². The summed E-state index contributed by atoms with van der Waals surface area (Å²) in [4.78, 5) is 21.2. The quantitative estimate of drug-likeness (QED) is 0.462. The number of hydrogen-bond donors (Lipinski definition) is 1. The van der Waals surface area contributed by atoms with E-state index in [1.807, 2.05) is 44.2 Å². The number of fused-ring (bicyclic) bond motifs is 3. The van der Waals surface area contributed by atoms with Crippen LogP contribution in [0.4, 0.5) is 11.4 Å². The predicted molar refractivity (Wildman–Crippen MR) is 123 cm³/mol. The lowest BCUT2D eigenvalue weighted by atomic mass is 10.1. The van der Waals surface area contributed by atoms with Gasteiger partial charge in [0.2, 0.25) is 5.91 Å². The van der Waals surface area contributed by atoms with Crippen LogP contribution in [0.15, 0.2) is 58.7 Å². The minimum absolute atomic E-state index is 0.0808. The predicted octanol–water partition coefficient (Wildman–Crippen LogP) is 4.02. The summed E-state index contributed by atoms with van der Waals surface area (Å²) in [5.74, 6) is -0.0630. The van der Waals surface area contributed by atoms with E-state index in [1.165, 1.54) is 22.3 Å². The maximum Gasteiger partial charge on any atom is 0.268 e. The Morgan fingerprint density at radius 1 is 1.16 bits per heavy atom. The number of benzene rings is 2. The topological polar surface area (TPSA) is 92.3 Å². The van der Waals surface area contributed by atoms with Crippen molar-refractivity contribution in [2.45, 2.75) is 30.8 Å². The molecule has 0 fully saturated rings. The van der Waals surface area contributed by atoms with E-state index < -0.39 is 10.0 Å². The van der Waals surface area contributed by atoms with Crippen molar-refractivity contribution in [1.29, 1.82) is 0 Å². The third-order valence-corrected chi connectivity index (χ3v) is 7.77. The second kappa shape index (κ2) is 8.32. The SMILES string of the molecule is CCN1c2ccccc2-c2nc(SCC(=O)Nc3cc(C)ccc3C)ncc2S1(=O)=O. The number of carbonyl (C=O) groups excluding carboxylic acids is 1. The van der Waals surface area contributed by atoms with Crippen LogP contribution in [0.2, 0.25) is 0 Å². The second-order valence-corrected chi connectivity index (χ2v) is 9.98. The maximum absolute atomic E-state index is 13.0. The van der Waals surface area contributed by atoms with Crippen LogP contribution in [0.1, 0.15) is 18.1 Å². The Balaban J connectivity index is 1.58. The highest BCUT2D eigenvalue weighted by molar-refractivity contribution is 7.99. The average molecular weight is 455 g/mol. The number of aromatic nitrogens is 2. The normalized spacial score (nSPS) is 14.0. The number of hydrogen-bond acceptors (Lipinski definition) is 6. The highest BCUT2D eigenvalue weighted by Crippen LogP contribution is 2.41. The van der Waals surface area contributed by atoms with Crippen molar-refractivity contribution >= 4 is 39.1 Å². The Morgan fingerprint density at radius 3 is 2.71 bits per heavy atom. The van der Waals surface area contributed by atoms with Crippen LogP contribution in [-0.2, 0) is 14.8 Å². The lowest BCUT2D eigenvalue weighted by molar-refractivity contribution is -0.113. The molecule has 1 aromatic heterocycles. The first-order valence-corrected chi connectivity index (χ1v) is 12.2. The smallest absolute Gasteiger partial charge is 0.268 e. The number of nitrogens with zero attached hydrogens (tertiary/aromatic N) is 3. The third-order valence-electron chi connectivity index (χ3n) is 5.02. The van der Waals surface area contributed by atoms with Crippen molar-refractivity contribution < 1.29 is 13.2 Å². The zero-order chi connectivity index (χ0) is 22.2. The van der Waals surface area contributed by atoms with Crippen molar-refractivity contribution in [2.24, 2.45) is 0 Å². The summed E-state index contributed by atoms with van der Waals surface area (Å²) in [5, 5.41) is 3.26. The maximum atomic E-state index is 13.0. The number of sulfonamides is 1. The number of para-hydroxylation sites is 1. The molecule has 2 heterocycles. The van der Waals surface area contributed by atoms with Gasteiger partial charge in [-0.1, -0.05) is 42.1 Å². The van der Waals surface area contributed by atoms with Crippen LogP contribution in [0.5, 0.6) is 0 Å². The Morgan fingerprint density at radius 2 is 1.94 bits per heavy atom. The highest BCUT2D eigenvalue weighted by atomic mass is 32.2. The van der Waals surface area contributed by atoms with Crippen LogP contribution in [0, 0.1) is 13.8 Å². The fourth-order valence-electron chi connectivity index (χ4n) is 3.47. The Kier molecular flexibility index (Phi) is 5.72. The molecule has 0 saturated carbocycles. The summed E-state index contributed by atoms with van der Waals surface area (Å²) in [5.41, 5.74) is 4.52. The van der Waals surface area contributed by atoms with Gasteiger partial charge in [0.15, 0.2) is 5.16 Å². The molecule has 1 aliphatic rings. The summed E-state index contributed by atoms with van der Waals surface area (Å²) >= 11 is 1.17. The van der Waals surface area contributed by atoms with E-state index in [4.69, 9.17) is 0 Å². The number of rotatable bonds is 5. The van der Waals surface area contributed by atoms with Gasteiger partial charge in [-0.3, -0.25) is 9.10 Å². The van der Waals surface area contributed by atoms with Gasteiger partial charge < -0.3 is 5.32 Å². The molecule has 9 heteroatoms. The van der Waals surface area contributed by atoms with E-state index in [9.17, 15) is 13.2 Å². The average Bonchev–Trinajstić information content (AvgIpc) is 2.75. The Bertz CT molecular complexity index is 1280. The number of carbonyl (C=O) groups is 1. The lowest BCUT2D eigenvalue weighted by Crippen LogP contribution is -2.34. The molecule has 3 aromatic rings. The first-order valence-electron chi connectivity index (χ1n) is 9.80. The summed E-state index contributed by atoms with van der Waals surface area (Å²) in [6.07, 6.45) is 1.33. The fourth-order valence-corrected chi connectivity index (χ4v) is 5.67. The molecular weight excluding hydrogens is 432 g/mol. The number of aryl methyl sites for hydroxylation is 2. The van der Waals surface area contributed by atoms with Crippen molar-refractivity contribution in [3.8, 4) is 11.3 Å². The van der Waals surface area contributed by atoms with Crippen molar-refractivity contribution in [1.82, 2.24) is 9.97 Å². The van der Waals surface area contributed by atoms with Crippen LogP contribution in [0.25, 0.3) is 11.3 Å². The van der Waals surface area contributed by atoms with Gasteiger partial charge in [-0.25, -0.2) is 18.4 Å². The summed E-state index contributed by atoms with van der Waals surface area (Å²) in [6.45, 7) is 6.01. The largest absolute Gasteiger partial charge is 0.325 e. The summed E-state index contributed by atoms with van der Waals surface area (Å²) in [7, 11) is -3.72. The first kappa shape index (κ1) is 21.3. The standard InChI is InChI=1S/C22H22N4O3S2/c1-4-26-18-8-6-5-7-16(18)21-19(31(26,28)29)12-23-22(25-21)30-13-20(27)24-17-11-14(2)9-10-15(17)3/h5-12H,4,13H2,1-3H3,(H,24,27). The molecule has 31 heavy (non-hydrogen) atoms. The van der Waals surface area contributed by atoms with Crippen LogP contribution in [0.3, 0.4) is 0 Å². The molecule has 2 aromatic carbocycles. The van der Waals surface area contributed by atoms with Crippen molar-refractivity contribution in [3.05, 3.63) is 59.8 Å². The molecule has 7 nitrogen and oxygen atoms in total. The summed E-state index contributed by atoms with van der Waals surface area (Å²) < 4.78 is 27.4. The van der Waals surface area contributed by atoms with E-state index in [2.05, 4.69) is 15.3 Å². The van der Waals surface area contributed by atoms with E-state index in [0.717, 1.165) is 22.4 Å². The van der Waals surface area contributed by atoms with Crippen LogP contribution in [-0.4, -0.2) is 36.6 Å². The second-order valence-electron chi connectivity index (χ2n) is 7.21. The van der Waals surface area contributed by atoms with Gasteiger partial charge in [-0.2, -0.15) is 0 Å². The van der Waals surface area contributed by atoms with Crippen LogP contribution < -0.4 is 9.62 Å². The molecule has 0 aliphatic carbocycles. The zero-order valence-electron chi connectivity index (χ0n) is 17.4. The summed E-state index contributed by atoms with van der Waals surface area (Å²) in [6, 6.07) is 13.1. The van der Waals surface area contributed by atoms with Crippen molar-refractivity contribution in [3.63, 3.8) is 0 Å². The molecular formula is C22H22N4O3S2. The molecule has 0 saturated heterocycles. The fraction of sp³-hybridized carbons (Fsp3) is 0.227. The molecule has 1 N–H and O–H groups in total. The van der Waals surface area contributed by atoms with Gasteiger partial charge in [0, 0.05) is 17.8 Å². The monoisotopic (exact) mass is 454 g/mol. The number of anilines is 2. The Labute approximate surface area is 186 Å². The molecule has 4 rings (SSSR count). The van der Waals surface area contributed by atoms with Crippen LogP contribution >= 0.6 is 11.8 Å². The number of amides is 1.